The highest BCUT2D eigenvalue weighted by Gasteiger charge is 2.32. The zero-order chi connectivity index (χ0) is 25.7. The summed E-state index contributed by atoms with van der Waals surface area (Å²) in [4.78, 5) is 0. The summed E-state index contributed by atoms with van der Waals surface area (Å²) < 4.78 is 5.00. The highest BCUT2D eigenvalue weighted by Crippen LogP contribution is 2.41. The molecule has 3 atom stereocenters. The summed E-state index contributed by atoms with van der Waals surface area (Å²) in [5.74, 6) is 0. The number of rotatable bonds is 12. The van der Waals surface area contributed by atoms with E-state index in [0.717, 1.165) is 16.7 Å². The minimum absolute atomic E-state index is 0.288. The van der Waals surface area contributed by atoms with Crippen LogP contribution in [0, 0.1) is 0 Å². The van der Waals surface area contributed by atoms with E-state index in [0.29, 0.717) is 36.0 Å². The quantitative estimate of drug-likeness (QED) is 0.267. The van der Waals surface area contributed by atoms with Crippen molar-refractivity contribution in [1.82, 2.24) is 45.0 Å². The Morgan fingerprint density at radius 2 is 0.833 bits per heavy atom. The van der Waals surface area contributed by atoms with Crippen LogP contribution in [0.2, 0.25) is 0 Å². The Balaban J connectivity index is 2.11. The molecule has 0 aliphatic heterocycles. The lowest BCUT2D eigenvalue weighted by atomic mass is 9.79. The molecule has 3 aromatic heterocycles. The predicted molar refractivity (Wildman–Crippen MR) is 130 cm³/mol. The van der Waals surface area contributed by atoms with Crippen molar-refractivity contribution in [3.63, 3.8) is 0 Å². The summed E-state index contributed by atoms with van der Waals surface area (Å²) in [7, 11) is 0. The first-order valence-corrected chi connectivity index (χ1v) is 12.2. The summed E-state index contributed by atoms with van der Waals surface area (Å²) in [6, 6.07) is 0. The maximum Gasteiger partial charge on any atom is 0.0794 e. The molecule has 0 spiro atoms. The molecular weight excluding hydrogens is 462 g/mol. The fraction of sp³-hybridized carbons (Fsp3) is 0.500. The Morgan fingerprint density at radius 1 is 0.556 bits per heavy atom. The predicted octanol–water partition coefficient (Wildman–Crippen LogP) is 1.94. The van der Waals surface area contributed by atoms with Gasteiger partial charge in [0, 0.05) is 18.6 Å². The maximum atomic E-state index is 11.4. The van der Waals surface area contributed by atoms with Gasteiger partial charge in [-0.05, 0) is 52.6 Å². The van der Waals surface area contributed by atoms with Gasteiger partial charge in [0.15, 0.2) is 0 Å². The molecule has 0 saturated heterocycles. The molecule has 0 amide bonds. The van der Waals surface area contributed by atoms with Gasteiger partial charge in [-0.2, -0.15) is 0 Å². The fourth-order valence-electron chi connectivity index (χ4n) is 4.75. The van der Waals surface area contributed by atoms with Gasteiger partial charge < -0.3 is 15.3 Å². The van der Waals surface area contributed by atoms with Crippen LogP contribution in [0.15, 0.2) is 37.2 Å². The molecule has 4 aromatic rings. The molecule has 0 bridgehead atoms. The molecule has 3 heterocycles. The molecule has 36 heavy (non-hydrogen) atoms. The van der Waals surface area contributed by atoms with Gasteiger partial charge in [-0.3, -0.25) is 0 Å². The second-order valence-electron chi connectivity index (χ2n) is 8.75. The molecular formula is C24H33N9O3. The van der Waals surface area contributed by atoms with E-state index in [-0.39, 0.29) is 19.6 Å². The molecule has 0 radical (unpaired) electrons. The molecule has 0 aliphatic carbocycles. The van der Waals surface area contributed by atoms with Gasteiger partial charge in [-0.1, -0.05) is 36.4 Å². The number of nitrogens with zero attached hydrogens (tertiary/aromatic N) is 9. The van der Waals surface area contributed by atoms with Gasteiger partial charge in [-0.15, -0.1) is 15.3 Å². The van der Waals surface area contributed by atoms with Gasteiger partial charge >= 0.3 is 0 Å². The minimum atomic E-state index is -0.840. The first kappa shape index (κ1) is 25.6. The van der Waals surface area contributed by atoms with Crippen molar-refractivity contribution in [1.29, 1.82) is 0 Å². The zero-order valence-electron chi connectivity index (χ0n) is 20.8. The number of aliphatic hydroxyl groups excluding tert-OH is 3. The molecule has 12 nitrogen and oxygen atoms in total. The number of hydrogen-bond acceptors (Lipinski definition) is 9. The molecule has 0 aliphatic rings. The molecule has 1 aromatic carbocycles. The van der Waals surface area contributed by atoms with Crippen molar-refractivity contribution in [3.8, 4) is 0 Å². The first-order valence-electron chi connectivity index (χ1n) is 12.2. The maximum absolute atomic E-state index is 11.4. The molecule has 3 unspecified atom stereocenters. The van der Waals surface area contributed by atoms with Crippen molar-refractivity contribution >= 4 is 0 Å². The largest absolute Gasteiger partial charge is 0.388 e. The standard InChI is InChI=1S/C24H33N9O3/c1-4-19(34)22-16(13-31-10-7-25-28-31)23(20(35)5-2)18(15-33-12-9-27-30-33)24(21(36)6-3)17(22)14-32-11-8-26-29-32/h7-12,19-21,34-36H,4-6,13-15H2,1-3H3. The van der Waals surface area contributed by atoms with E-state index in [1.807, 2.05) is 20.8 Å². The van der Waals surface area contributed by atoms with Crippen LogP contribution in [0.3, 0.4) is 0 Å². The van der Waals surface area contributed by atoms with Crippen molar-refractivity contribution in [2.75, 3.05) is 0 Å². The Kier molecular flexibility index (Phi) is 8.18. The zero-order valence-corrected chi connectivity index (χ0v) is 20.8. The molecule has 4 rings (SSSR count). The van der Waals surface area contributed by atoms with Gasteiger partial charge in [0.05, 0.1) is 56.5 Å². The Labute approximate surface area is 209 Å². The molecule has 12 heteroatoms. The third kappa shape index (κ3) is 5.20. The van der Waals surface area contributed by atoms with Crippen LogP contribution < -0.4 is 0 Å². The Bertz CT molecular complexity index is 1050. The average Bonchev–Trinajstić information content (AvgIpc) is 3.68. The van der Waals surface area contributed by atoms with E-state index in [9.17, 15) is 15.3 Å². The van der Waals surface area contributed by atoms with E-state index in [1.54, 1.807) is 51.2 Å². The summed E-state index contributed by atoms with van der Waals surface area (Å²) >= 11 is 0. The van der Waals surface area contributed by atoms with Crippen molar-refractivity contribution in [2.24, 2.45) is 0 Å². The molecule has 0 fully saturated rings. The summed E-state index contributed by atoms with van der Waals surface area (Å²) in [5.41, 5.74) is 4.24. The van der Waals surface area contributed by atoms with E-state index in [2.05, 4.69) is 30.9 Å². The molecule has 3 N–H and O–H groups in total. The molecule has 192 valence electrons. The van der Waals surface area contributed by atoms with Gasteiger partial charge in [0.2, 0.25) is 0 Å². The highest BCUT2D eigenvalue weighted by molar-refractivity contribution is 5.55. The topological polar surface area (TPSA) is 153 Å². The SMILES string of the molecule is CCC(O)c1c(Cn2ccnn2)c(C(O)CC)c(Cn2ccnn2)c(C(O)CC)c1Cn1ccnn1. The third-order valence-electron chi connectivity index (χ3n) is 6.49. The van der Waals surface area contributed by atoms with E-state index < -0.39 is 18.3 Å². The average molecular weight is 496 g/mol. The monoisotopic (exact) mass is 495 g/mol. The normalized spacial score (nSPS) is 14.2. The van der Waals surface area contributed by atoms with E-state index in [4.69, 9.17) is 0 Å². The number of hydrogen-bond donors (Lipinski definition) is 3. The summed E-state index contributed by atoms with van der Waals surface area (Å²) in [6.45, 7) is 6.57. The smallest absolute Gasteiger partial charge is 0.0794 e. The van der Waals surface area contributed by atoms with Crippen LogP contribution >= 0.6 is 0 Å². The van der Waals surface area contributed by atoms with Gasteiger partial charge in [0.1, 0.15) is 0 Å². The third-order valence-corrected chi connectivity index (χ3v) is 6.49. The fourth-order valence-corrected chi connectivity index (χ4v) is 4.75. The van der Waals surface area contributed by atoms with E-state index in [1.165, 1.54) is 0 Å². The Hall–Kier alpha value is -3.48. The second kappa shape index (κ2) is 11.5. The van der Waals surface area contributed by atoms with Crippen LogP contribution in [0.25, 0.3) is 0 Å². The lowest BCUT2D eigenvalue weighted by Gasteiger charge is -2.32. The number of aliphatic hydroxyl groups is 3. The first-order chi connectivity index (χ1) is 17.5. The van der Waals surface area contributed by atoms with E-state index >= 15 is 0 Å². The summed E-state index contributed by atoms with van der Waals surface area (Å²) in [5, 5.41) is 58.4. The van der Waals surface area contributed by atoms with Crippen molar-refractivity contribution in [3.05, 3.63) is 70.6 Å². The lowest BCUT2D eigenvalue weighted by Crippen LogP contribution is -2.24. The Morgan fingerprint density at radius 3 is 1.03 bits per heavy atom. The van der Waals surface area contributed by atoms with Crippen LogP contribution in [-0.4, -0.2) is 60.3 Å². The van der Waals surface area contributed by atoms with Crippen LogP contribution in [-0.2, 0) is 19.6 Å². The minimum Gasteiger partial charge on any atom is -0.388 e. The van der Waals surface area contributed by atoms with Gasteiger partial charge in [0.25, 0.3) is 0 Å². The molecule has 0 saturated carbocycles. The number of aromatic nitrogens is 9. The van der Waals surface area contributed by atoms with Gasteiger partial charge in [-0.25, -0.2) is 14.0 Å². The van der Waals surface area contributed by atoms with Crippen molar-refractivity contribution < 1.29 is 15.3 Å². The lowest BCUT2D eigenvalue weighted by molar-refractivity contribution is 0.154. The van der Waals surface area contributed by atoms with Crippen molar-refractivity contribution in [2.45, 2.75) is 78.0 Å². The van der Waals surface area contributed by atoms with Crippen LogP contribution in [0.4, 0.5) is 0 Å². The summed E-state index contributed by atoms with van der Waals surface area (Å²) in [6.07, 6.45) is 8.82. The second-order valence-corrected chi connectivity index (χ2v) is 8.75. The highest BCUT2D eigenvalue weighted by atomic mass is 16.3. The van der Waals surface area contributed by atoms with Crippen LogP contribution in [0.5, 0.6) is 0 Å². The van der Waals surface area contributed by atoms with Crippen LogP contribution in [0.1, 0.15) is 91.7 Å². The number of benzene rings is 1.